The van der Waals surface area contributed by atoms with E-state index in [0.717, 1.165) is 25.9 Å². The van der Waals surface area contributed by atoms with E-state index in [0.29, 0.717) is 18.4 Å². The fourth-order valence-corrected chi connectivity index (χ4v) is 2.78. The Hall–Kier alpha value is -1.66. The second-order valence-corrected chi connectivity index (χ2v) is 5.30. The van der Waals surface area contributed by atoms with Crippen molar-refractivity contribution in [3.63, 3.8) is 0 Å². The fraction of sp³-hybridized carbons (Fsp3) is 0.600. The number of nitrogens with zero attached hydrogens (tertiary/aromatic N) is 2. The van der Waals surface area contributed by atoms with E-state index in [1.165, 1.54) is 25.0 Å². The average molecular weight is 294 g/mol. The molecular formula is C15H22N2O4. The van der Waals surface area contributed by atoms with Gasteiger partial charge in [0.1, 0.15) is 12.4 Å². The first-order valence-corrected chi connectivity index (χ1v) is 7.43. The second-order valence-electron chi connectivity index (χ2n) is 5.30. The van der Waals surface area contributed by atoms with Crippen molar-refractivity contribution in [3.8, 4) is 5.75 Å². The van der Waals surface area contributed by atoms with Gasteiger partial charge in [0.25, 0.3) is 5.69 Å². The predicted octanol–water partition coefficient (Wildman–Crippen LogP) is 2.21. The van der Waals surface area contributed by atoms with Gasteiger partial charge in [0.05, 0.1) is 4.92 Å². The Morgan fingerprint density at radius 1 is 1.33 bits per heavy atom. The van der Waals surface area contributed by atoms with Crippen molar-refractivity contribution < 1.29 is 14.8 Å². The van der Waals surface area contributed by atoms with Gasteiger partial charge in [-0.25, -0.2) is 0 Å². The molecule has 116 valence electrons. The van der Waals surface area contributed by atoms with Crippen molar-refractivity contribution >= 4 is 5.69 Å². The first-order valence-electron chi connectivity index (χ1n) is 7.43. The van der Waals surface area contributed by atoms with E-state index >= 15 is 0 Å². The van der Waals surface area contributed by atoms with Gasteiger partial charge in [-0.05, 0) is 37.9 Å². The molecule has 1 fully saturated rings. The van der Waals surface area contributed by atoms with Crippen LogP contribution in [0.3, 0.4) is 0 Å². The number of nitro benzene ring substituents is 1. The first kappa shape index (κ1) is 15.7. The third-order valence-corrected chi connectivity index (χ3v) is 3.91. The van der Waals surface area contributed by atoms with Crippen LogP contribution in [0.15, 0.2) is 24.3 Å². The van der Waals surface area contributed by atoms with Gasteiger partial charge in [-0.1, -0.05) is 6.42 Å². The number of non-ortho nitro benzene ring substituents is 1. The molecule has 0 spiro atoms. The molecule has 2 rings (SSSR count). The number of piperidine rings is 1. The van der Waals surface area contributed by atoms with Crippen molar-refractivity contribution in [2.45, 2.75) is 31.7 Å². The standard InChI is InChI=1S/C15H22N2O4/c18-11-8-13-3-1-2-9-16(13)10-12-21-15-6-4-14(5-7-15)17(19)20/h4-7,13,18H,1-3,8-12H2. The summed E-state index contributed by atoms with van der Waals surface area (Å²) in [7, 11) is 0. The minimum absolute atomic E-state index is 0.0707. The van der Waals surface area contributed by atoms with Crippen LogP contribution in [0.1, 0.15) is 25.7 Å². The lowest BCUT2D eigenvalue weighted by Gasteiger charge is -2.35. The summed E-state index contributed by atoms with van der Waals surface area (Å²) in [5.41, 5.74) is 0.0707. The molecule has 1 aromatic rings. The molecule has 0 bridgehead atoms. The predicted molar refractivity (Wildman–Crippen MR) is 79.5 cm³/mol. The number of rotatable bonds is 7. The molecule has 21 heavy (non-hydrogen) atoms. The lowest BCUT2D eigenvalue weighted by molar-refractivity contribution is -0.384. The van der Waals surface area contributed by atoms with Crippen LogP contribution in [0.25, 0.3) is 0 Å². The molecule has 1 saturated heterocycles. The average Bonchev–Trinajstić information content (AvgIpc) is 2.50. The van der Waals surface area contributed by atoms with Gasteiger partial charge in [-0.3, -0.25) is 15.0 Å². The van der Waals surface area contributed by atoms with Gasteiger partial charge in [-0.15, -0.1) is 0 Å². The Bertz CT molecular complexity index is 447. The molecule has 0 radical (unpaired) electrons. The van der Waals surface area contributed by atoms with Gasteiger partial charge in [0.2, 0.25) is 0 Å². The highest BCUT2D eigenvalue weighted by Gasteiger charge is 2.21. The molecular weight excluding hydrogens is 272 g/mol. The largest absolute Gasteiger partial charge is 0.492 e. The fourth-order valence-electron chi connectivity index (χ4n) is 2.78. The summed E-state index contributed by atoms with van der Waals surface area (Å²) in [5, 5.41) is 19.7. The van der Waals surface area contributed by atoms with Gasteiger partial charge in [0, 0.05) is 31.3 Å². The van der Waals surface area contributed by atoms with Crippen LogP contribution in [0.4, 0.5) is 5.69 Å². The molecule has 6 heteroatoms. The van der Waals surface area contributed by atoms with Crippen LogP contribution in [0.2, 0.25) is 0 Å². The summed E-state index contributed by atoms with van der Waals surface area (Å²) in [6.45, 7) is 2.65. The number of ether oxygens (including phenoxy) is 1. The Morgan fingerprint density at radius 2 is 2.10 bits per heavy atom. The second kappa shape index (κ2) is 7.95. The molecule has 1 aliphatic heterocycles. The lowest BCUT2D eigenvalue weighted by Crippen LogP contribution is -2.42. The molecule has 1 aliphatic rings. The van der Waals surface area contributed by atoms with Crippen LogP contribution < -0.4 is 4.74 Å². The number of aliphatic hydroxyl groups excluding tert-OH is 1. The summed E-state index contributed by atoms with van der Waals surface area (Å²) in [4.78, 5) is 12.5. The summed E-state index contributed by atoms with van der Waals surface area (Å²) < 4.78 is 5.64. The topological polar surface area (TPSA) is 75.8 Å². The highest BCUT2D eigenvalue weighted by molar-refractivity contribution is 5.35. The SMILES string of the molecule is O=[N+]([O-])c1ccc(OCCN2CCCCC2CCO)cc1. The summed E-state index contributed by atoms with van der Waals surface area (Å²) >= 11 is 0. The Labute approximate surface area is 124 Å². The van der Waals surface area contributed by atoms with E-state index in [1.807, 2.05) is 0 Å². The number of aliphatic hydroxyl groups is 1. The van der Waals surface area contributed by atoms with Crippen molar-refractivity contribution in [2.75, 3.05) is 26.3 Å². The van der Waals surface area contributed by atoms with Gasteiger partial charge in [-0.2, -0.15) is 0 Å². The lowest BCUT2D eigenvalue weighted by atomic mass is 10.00. The maximum absolute atomic E-state index is 10.6. The maximum atomic E-state index is 10.6. The van der Waals surface area contributed by atoms with E-state index < -0.39 is 4.92 Å². The number of likely N-dealkylation sites (tertiary alicyclic amines) is 1. The first-order chi connectivity index (χ1) is 10.2. The van der Waals surface area contributed by atoms with Gasteiger partial charge < -0.3 is 9.84 Å². The molecule has 0 amide bonds. The third-order valence-electron chi connectivity index (χ3n) is 3.91. The zero-order valence-corrected chi connectivity index (χ0v) is 12.1. The van der Waals surface area contributed by atoms with Gasteiger partial charge >= 0.3 is 0 Å². The van der Waals surface area contributed by atoms with Crippen molar-refractivity contribution in [1.82, 2.24) is 4.90 Å². The van der Waals surface area contributed by atoms with E-state index in [1.54, 1.807) is 12.1 Å². The molecule has 0 aliphatic carbocycles. The van der Waals surface area contributed by atoms with Crippen molar-refractivity contribution in [2.24, 2.45) is 0 Å². The Kier molecular flexibility index (Phi) is 5.95. The van der Waals surface area contributed by atoms with E-state index in [2.05, 4.69) is 4.90 Å². The highest BCUT2D eigenvalue weighted by Crippen LogP contribution is 2.20. The summed E-state index contributed by atoms with van der Waals surface area (Å²) in [6, 6.07) is 6.60. The Balaban J connectivity index is 1.78. The molecule has 1 heterocycles. The van der Waals surface area contributed by atoms with Crippen LogP contribution in [-0.4, -0.2) is 47.3 Å². The molecule has 0 aromatic heterocycles. The van der Waals surface area contributed by atoms with Crippen molar-refractivity contribution in [1.29, 1.82) is 0 Å². The van der Waals surface area contributed by atoms with E-state index in [-0.39, 0.29) is 12.3 Å². The number of hydrogen-bond acceptors (Lipinski definition) is 5. The highest BCUT2D eigenvalue weighted by atomic mass is 16.6. The van der Waals surface area contributed by atoms with Crippen LogP contribution >= 0.6 is 0 Å². The third kappa shape index (κ3) is 4.68. The summed E-state index contributed by atoms with van der Waals surface area (Å²) in [6.07, 6.45) is 4.37. The molecule has 0 saturated carbocycles. The monoisotopic (exact) mass is 294 g/mol. The molecule has 6 nitrogen and oxygen atoms in total. The van der Waals surface area contributed by atoms with E-state index in [4.69, 9.17) is 9.84 Å². The zero-order valence-electron chi connectivity index (χ0n) is 12.1. The normalized spacial score (nSPS) is 19.4. The number of hydrogen-bond donors (Lipinski definition) is 1. The quantitative estimate of drug-likeness (QED) is 0.616. The van der Waals surface area contributed by atoms with E-state index in [9.17, 15) is 10.1 Å². The minimum atomic E-state index is -0.420. The van der Waals surface area contributed by atoms with Crippen LogP contribution in [0.5, 0.6) is 5.75 Å². The maximum Gasteiger partial charge on any atom is 0.269 e. The number of nitro groups is 1. The number of benzene rings is 1. The molecule has 1 aromatic carbocycles. The zero-order chi connectivity index (χ0) is 15.1. The molecule has 1 N–H and O–H groups in total. The molecule has 1 unspecified atom stereocenters. The summed E-state index contributed by atoms with van der Waals surface area (Å²) in [5.74, 6) is 0.649. The van der Waals surface area contributed by atoms with Gasteiger partial charge in [0.15, 0.2) is 0 Å². The smallest absolute Gasteiger partial charge is 0.269 e. The Morgan fingerprint density at radius 3 is 2.76 bits per heavy atom. The van der Waals surface area contributed by atoms with Crippen LogP contribution in [-0.2, 0) is 0 Å². The minimum Gasteiger partial charge on any atom is -0.492 e. The van der Waals surface area contributed by atoms with Crippen LogP contribution in [0, 0.1) is 10.1 Å². The molecule has 1 atom stereocenters. The van der Waals surface area contributed by atoms with Crippen molar-refractivity contribution in [3.05, 3.63) is 34.4 Å².